The van der Waals surface area contributed by atoms with Gasteiger partial charge in [0.25, 0.3) is 11.3 Å². The van der Waals surface area contributed by atoms with Crippen LogP contribution in [-0.2, 0) is 9.59 Å². The molecule has 0 radical (unpaired) electrons. The van der Waals surface area contributed by atoms with E-state index in [-0.39, 0.29) is 11.5 Å². The molecule has 3 heterocycles. The Kier molecular flexibility index (Phi) is 4.53. The van der Waals surface area contributed by atoms with Gasteiger partial charge in [-0.2, -0.15) is 5.10 Å². The Morgan fingerprint density at radius 3 is 2.72 bits per heavy atom. The van der Waals surface area contributed by atoms with E-state index in [2.05, 4.69) is 35.5 Å². The van der Waals surface area contributed by atoms with Crippen LogP contribution < -0.4 is 10.9 Å². The number of para-hydroxylation sites is 2. The van der Waals surface area contributed by atoms with Crippen molar-refractivity contribution in [1.29, 1.82) is 0 Å². The first-order chi connectivity index (χ1) is 14.0. The number of carboxylic acids is 1. The zero-order valence-corrected chi connectivity index (χ0v) is 14.7. The van der Waals surface area contributed by atoms with Crippen molar-refractivity contribution in [3.8, 4) is 22.8 Å². The highest BCUT2D eigenvalue weighted by Crippen LogP contribution is 2.21. The fourth-order valence-electron chi connectivity index (χ4n) is 2.61. The third-order valence-electron chi connectivity index (χ3n) is 4.01. The van der Waals surface area contributed by atoms with Crippen molar-refractivity contribution in [3.05, 3.63) is 52.9 Å². The van der Waals surface area contributed by atoms with Gasteiger partial charge >= 0.3 is 5.97 Å². The fourth-order valence-corrected chi connectivity index (χ4v) is 2.61. The van der Waals surface area contributed by atoms with Crippen molar-refractivity contribution in [2.75, 3.05) is 11.9 Å². The number of nitrogens with zero attached hydrogens (tertiary/aromatic N) is 4. The molecule has 4 aromatic rings. The van der Waals surface area contributed by atoms with Crippen LogP contribution in [0.4, 0.5) is 5.95 Å². The summed E-state index contributed by atoms with van der Waals surface area (Å²) in [6.07, 6.45) is 1.42. The lowest BCUT2D eigenvalue weighted by Gasteiger charge is -2.05. The summed E-state index contributed by atoms with van der Waals surface area (Å²) in [5.74, 6) is -2.13. The predicted molar refractivity (Wildman–Crippen MR) is 102 cm³/mol. The van der Waals surface area contributed by atoms with Crippen molar-refractivity contribution >= 4 is 28.7 Å². The first kappa shape index (κ1) is 18.0. The number of benzene rings is 1. The highest BCUT2D eigenvalue weighted by Gasteiger charge is 2.14. The molecule has 144 valence electrons. The molecule has 0 saturated heterocycles. The lowest BCUT2D eigenvalue weighted by atomic mass is 10.2. The topological polar surface area (TPSA) is 167 Å². The molecule has 0 atom stereocenters. The zero-order chi connectivity index (χ0) is 20.4. The molecular formula is C18H13N7O4. The third kappa shape index (κ3) is 3.69. The monoisotopic (exact) mass is 391 g/mol. The Balaban J connectivity index is 1.67. The quantitative estimate of drug-likeness (QED) is 0.348. The van der Waals surface area contributed by atoms with Crippen LogP contribution in [0.2, 0.25) is 0 Å². The van der Waals surface area contributed by atoms with Gasteiger partial charge in [-0.25, -0.2) is 24.8 Å². The summed E-state index contributed by atoms with van der Waals surface area (Å²) < 4.78 is 0. The molecule has 3 aromatic heterocycles. The first-order valence-corrected chi connectivity index (χ1v) is 8.39. The average Bonchev–Trinajstić information content (AvgIpc) is 3.16. The summed E-state index contributed by atoms with van der Waals surface area (Å²) in [6, 6.07) is 10.5. The lowest BCUT2D eigenvalue weighted by Crippen LogP contribution is -2.23. The standard InChI is InChI=1S/C18H13N7O4/c26-14(17(28)29)8-20-18-19-6-5-12(23-18)13-7-9(16(27)25-24-13)15-21-10-3-1-2-4-11(10)22-15/h1-7H,8H2,(H,21,22)(H,25,27)(H,28,29)(H,19,20,23). The van der Waals surface area contributed by atoms with Gasteiger partial charge < -0.3 is 15.4 Å². The van der Waals surface area contributed by atoms with Crippen LogP contribution in [0.25, 0.3) is 33.8 Å². The van der Waals surface area contributed by atoms with Crippen molar-refractivity contribution < 1.29 is 14.7 Å². The summed E-state index contributed by atoms with van der Waals surface area (Å²) in [5.41, 5.74) is 2.07. The van der Waals surface area contributed by atoms with E-state index in [0.29, 0.717) is 17.2 Å². The lowest BCUT2D eigenvalue weighted by molar-refractivity contribution is -0.148. The molecule has 0 spiro atoms. The minimum atomic E-state index is -1.55. The summed E-state index contributed by atoms with van der Waals surface area (Å²) in [7, 11) is 0. The van der Waals surface area contributed by atoms with Crippen LogP contribution in [0.3, 0.4) is 0 Å². The van der Waals surface area contributed by atoms with Crippen molar-refractivity contribution in [1.82, 2.24) is 30.1 Å². The van der Waals surface area contributed by atoms with Gasteiger partial charge in [0, 0.05) is 6.20 Å². The molecule has 0 aliphatic carbocycles. The number of nitrogens with one attached hydrogen (secondary N) is 3. The number of aromatic amines is 2. The molecule has 4 N–H and O–H groups in total. The molecule has 11 heteroatoms. The van der Waals surface area contributed by atoms with E-state index in [1.807, 2.05) is 24.3 Å². The number of Topliss-reactive ketones (excluding diaryl/α,β-unsaturated/α-hetero) is 1. The van der Waals surface area contributed by atoms with Crippen LogP contribution in [0.5, 0.6) is 0 Å². The van der Waals surface area contributed by atoms with Crippen LogP contribution in [0.15, 0.2) is 47.4 Å². The molecule has 0 saturated carbocycles. The number of carbonyl (C=O) groups is 2. The second-order valence-corrected chi connectivity index (χ2v) is 5.95. The third-order valence-corrected chi connectivity index (χ3v) is 4.01. The van der Waals surface area contributed by atoms with Crippen molar-refractivity contribution in [2.24, 2.45) is 0 Å². The number of hydrogen-bond donors (Lipinski definition) is 4. The number of carbonyl (C=O) groups excluding carboxylic acids is 1. The number of fused-ring (bicyclic) bond motifs is 1. The molecular weight excluding hydrogens is 378 g/mol. The SMILES string of the molecule is O=C(O)C(=O)CNc1nccc(-c2cc(-c3nc4ccccc4[nH]3)c(=O)[nH]n2)n1. The van der Waals surface area contributed by atoms with E-state index in [1.54, 1.807) is 6.07 Å². The Labute approximate surface area is 161 Å². The number of ketones is 1. The Hall–Kier alpha value is -4.41. The molecule has 0 amide bonds. The molecule has 0 unspecified atom stereocenters. The molecule has 0 aliphatic heterocycles. The Morgan fingerprint density at radius 1 is 1.10 bits per heavy atom. The molecule has 0 fully saturated rings. The largest absolute Gasteiger partial charge is 0.475 e. The Bertz CT molecular complexity index is 1260. The highest BCUT2D eigenvalue weighted by atomic mass is 16.4. The van der Waals surface area contributed by atoms with Crippen LogP contribution in [0, 0.1) is 0 Å². The van der Waals surface area contributed by atoms with Crippen LogP contribution in [0.1, 0.15) is 0 Å². The summed E-state index contributed by atoms with van der Waals surface area (Å²) in [6.45, 7) is -0.456. The molecule has 0 aliphatic rings. The summed E-state index contributed by atoms with van der Waals surface area (Å²) in [4.78, 5) is 49.7. The van der Waals surface area contributed by atoms with Crippen molar-refractivity contribution in [3.63, 3.8) is 0 Å². The summed E-state index contributed by atoms with van der Waals surface area (Å²) in [5, 5.41) is 17.6. The number of hydrogen-bond acceptors (Lipinski definition) is 8. The van der Waals surface area contributed by atoms with Gasteiger partial charge in [0.15, 0.2) is 0 Å². The van der Waals surface area contributed by atoms with E-state index in [0.717, 1.165) is 11.0 Å². The number of H-pyrrole nitrogens is 2. The number of carboxylic acid groups (broad SMARTS) is 1. The maximum absolute atomic E-state index is 12.3. The number of rotatable bonds is 6. The normalized spacial score (nSPS) is 10.8. The molecule has 11 nitrogen and oxygen atoms in total. The average molecular weight is 391 g/mol. The van der Waals surface area contributed by atoms with Crippen LogP contribution >= 0.6 is 0 Å². The van der Waals surface area contributed by atoms with Crippen molar-refractivity contribution in [2.45, 2.75) is 0 Å². The summed E-state index contributed by atoms with van der Waals surface area (Å²) >= 11 is 0. The number of anilines is 1. The maximum Gasteiger partial charge on any atom is 0.374 e. The van der Waals surface area contributed by atoms with Gasteiger partial charge in [-0.1, -0.05) is 12.1 Å². The van der Waals surface area contributed by atoms with Gasteiger partial charge in [0.05, 0.1) is 28.8 Å². The molecule has 4 rings (SSSR count). The number of imidazole rings is 1. The minimum Gasteiger partial charge on any atom is -0.475 e. The first-order valence-electron chi connectivity index (χ1n) is 8.39. The zero-order valence-electron chi connectivity index (χ0n) is 14.7. The van der Waals surface area contributed by atoms with Crippen LogP contribution in [-0.4, -0.2) is 53.5 Å². The minimum absolute atomic E-state index is 0.0513. The smallest absolute Gasteiger partial charge is 0.374 e. The molecule has 0 bridgehead atoms. The van der Waals surface area contributed by atoms with Gasteiger partial charge in [-0.3, -0.25) is 9.59 Å². The van der Waals surface area contributed by atoms with E-state index in [9.17, 15) is 14.4 Å². The Morgan fingerprint density at radius 2 is 1.93 bits per heavy atom. The predicted octanol–water partition coefficient (Wildman–Crippen LogP) is 0.836. The van der Waals surface area contributed by atoms with Gasteiger partial charge in [-0.15, -0.1) is 0 Å². The number of aliphatic carboxylic acids is 1. The highest BCUT2D eigenvalue weighted by molar-refractivity contribution is 6.34. The van der Waals surface area contributed by atoms with Gasteiger partial charge in [-0.05, 0) is 24.3 Å². The molecule has 1 aromatic carbocycles. The molecule has 29 heavy (non-hydrogen) atoms. The van der Waals surface area contributed by atoms with Gasteiger partial charge in [0.1, 0.15) is 11.5 Å². The van der Waals surface area contributed by atoms with E-state index >= 15 is 0 Å². The second kappa shape index (κ2) is 7.31. The maximum atomic E-state index is 12.3. The van der Waals surface area contributed by atoms with E-state index in [1.165, 1.54) is 12.3 Å². The van der Waals surface area contributed by atoms with E-state index < -0.39 is 23.9 Å². The fraction of sp³-hybridized carbons (Fsp3) is 0.0556. The van der Waals surface area contributed by atoms with Gasteiger partial charge in [0.2, 0.25) is 5.95 Å². The second-order valence-electron chi connectivity index (χ2n) is 5.95. The number of aromatic nitrogens is 6. The van der Waals surface area contributed by atoms with E-state index in [4.69, 9.17) is 5.11 Å².